The molecule has 40 heavy (non-hydrogen) atoms. The SMILES string of the molecule is COc1ncc(-c2nn(-c3cnn(CC4C[C@@H](C)N(C(=O)OC(C)(C)C)[C@@H](C)C4)c3)c3c2CCOCC3)cc1C. The second-order valence-corrected chi connectivity index (χ2v) is 12.2. The van der Waals surface area contributed by atoms with Crippen LogP contribution in [0.1, 0.15) is 64.3 Å². The fraction of sp³-hybridized carbons (Fsp3) is 0.600. The number of carbonyl (C=O) groups excluding carboxylic acids is 1. The van der Waals surface area contributed by atoms with E-state index in [4.69, 9.17) is 24.4 Å². The zero-order valence-electron chi connectivity index (χ0n) is 24.8. The average Bonchev–Trinajstić information content (AvgIpc) is 3.39. The Morgan fingerprint density at radius 2 is 1.85 bits per heavy atom. The molecule has 1 amide bonds. The molecule has 2 aliphatic heterocycles. The highest BCUT2D eigenvalue weighted by Crippen LogP contribution is 2.33. The lowest BCUT2D eigenvalue weighted by Crippen LogP contribution is -2.51. The van der Waals surface area contributed by atoms with Crippen LogP contribution < -0.4 is 4.74 Å². The van der Waals surface area contributed by atoms with Gasteiger partial charge in [0.2, 0.25) is 5.88 Å². The molecule has 0 bridgehead atoms. The summed E-state index contributed by atoms with van der Waals surface area (Å²) in [5.41, 5.74) is 5.68. The monoisotopic (exact) mass is 550 g/mol. The van der Waals surface area contributed by atoms with Crippen molar-refractivity contribution in [3.63, 3.8) is 0 Å². The summed E-state index contributed by atoms with van der Waals surface area (Å²) in [7, 11) is 1.64. The van der Waals surface area contributed by atoms with Crippen LogP contribution in [0.25, 0.3) is 16.9 Å². The van der Waals surface area contributed by atoms with Crippen molar-refractivity contribution in [3.8, 4) is 22.8 Å². The van der Waals surface area contributed by atoms with Crippen molar-refractivity contribution in [3.05, 3.63) is 41.5 Å². The molecule has 3 aromatic rings. The highest BCUT2D eigenvalue weighted by Gasteiger charge is 2.36. The zero-order chi connectivity index (χ0) is 28.6. The quantitative estimate of drug-likeness (QED) is 0.442. The summed E-state index contributed by atoms with van der Waals surface area (Å²) < 4.78 is 20.9. The van der Waals surface area contributed by atoms with Crippen molar-refractivity contribution in [2.45, 2.75) is 91.5 Å². The topological polar surface area (TPSA) is 96.5 Å². The molecule has 5 heterocycles. The van der Waals surface area contributed by atoms with Gasteiger partial charge in [-0.05, 0) is 72.8 Å². The summed E-state index contributed by atoms with van der Waals surface area (Å²) >= 11 is 0. The average molecular weight is 551 g/mol. The van der Waals surface area contributed by atoms with Crippen molar-refractivity contribution in [2.24, 2.45) is 5.92 Å². The number of carbonyl (C=O) groups is 1. The summed E-state index contributed by atoms with van der Waals surface area (Å²) in [6.45, 7) is 14.1. The first-order valence-electron chi connectivity index (χ1n) is 14.3. The van der Waals surface area contributed by atoms with E-state index in [2.05, 4.69) is 31.1 Å². The van der Waals surface area contributed by atoms with Gasteiger partial charge in [0.25, 0.3) is 0 Å². The van der Waals surface area contributed by atoms with Crippen molar-refractivity contribution >= 4 is 6.09 Å². The predicted octanol–water partition coefficient (Wildman–Crippen LogP) is 4.99. The standard InChI is InChI=1S/C30H42N6O4/c1-19-12-23(15-31-28(19)38-7)27-25-8-10-39-11-9-26(25)36(33-27)24-16-32-34(18-24)17-22-13-20(2)35(21(3)14-22)29(37)40-30(4,5)6/h12,15-16,18,20-22H,8-11,13-14,17H2,1-7H3/t20-,21+,22?. The number of nitrogens with zero attached hydrogens (tertiary/aromatic N) is 6. The summed E-state index contributed by atoms with van der Waals surface area (Å²) in [6.07, 6.45) is 8.97. The molecule has 0 aliphatic carbocycles. The van der Waals surface area contributed by atoms with Crippen LogP contribution in [0.2, 0.25) is 0 Å². The third-order valence-corrected chi connectivity index (χ3v) is 7.78. The van der Waals surface area contributed by atoms with Gasteiger partial charge in [-0.3, -0.25) is 4.68 Å². The van der Waals surface area contributed by atoms with E-state index in [1.165, 1.54) is 5.56 Å². The van der Waals surface area contributed by atoms with Gasteiger partial charge in [0, 0.05) is 47.9 Å². The van der Waals surface area contributed by atoms with Crippen molar-refractivity contribution in [1.82, 2.24) is 29.4 Å². The Bertz CT molecular complexity index is 1340. The number of hydrogen-bond donors (Lipinski definition) is 0. The molecule has 0 spiro atoms. The minimum Gasteiger partial charge on any atom is -0.481 e. The molecule has 3 aromatic heterocycles. The fourth-order valence-electron chi connectivity index (χ4n) is 6.17. The second-order valence-electron chi connectivity index (χ2n) is 12.2. The molecule has 10 nitrogen and oxygen atoms in total. The smallest absolute Gasteiger partial charge is 0.410 e. The van der Waals surface area contributed by atoms with Crippen LogP contribution in [-0.2, 0) is 28.9 Å². The van der Waals surface area contributed by atoms with Gasteiger partial charge in [-0.15, -0.1) is 0 Å². The Labute approximate surface area is 236 Å². The first-order chi connectivity index (χ1) is 19.0. The van der Waals surface area contributed by atoms with Gasteiger partial charge < -0.3 is 19.1 Å². The largest absolute Gasteiger partial charge is 0.481 e. The van der Waals surface area contributed by atoms with Crippen LogP contribution in [-0.4, -0.2) is 73.5 Å². The lowest BCUT2D eigenvalue weighted by molar-refractivity contribution is -0.00864. The lowest BCUT2D eigenvalue weighted by Gasteiger charge is -2.42. The van der Waals surface area contributed by atoms with Crippen LogP contribution in [0.4, 0.5) is 4.79 Å². The van der Waals surface area contributed by atoms with E-state index in [1.807, 2.05) is 54.4 Å². The molecule has 1 saturated heterocycles. The number of amides is 1. The van der Waals surface area contributed by atoms with Gasteiger partial charge in [-0.1, -0.05) is 0 Å². The summed E-state index contributed by atoms with van der Waals surface area (Å²) in [6, 6.07) is 2.29. The highest BCUT2D eigenvalue weighted by atomic mass is 16.6. The van der Waals surface area contributed by atoms with Crippen LogP contribution in [0, 0.1) is 12.8 Å². The Balaban J connectivity index is 1.36. The van der Waals surface area contributed by atoms with Crippen LogP contribution in [0.3, 0.4) is 0 Å². The summed E-state index contributed by atoms with van der Waals surface area (Å²) in [5, 5.41) is 9.80. The van der Waals surface area contributed by atoms with Crippen molar-refractivity contribution in [2.75, 3.05) is 20.3 Å². The third kappa shape index (κ3) is 5.87. The zero-order valence-corrected chi connectivity index (χ0v) is 24.8. The van der Waals surface area contributed by atoms with E-state index in [-0.39, 0.29) is 18.2 Å². The molecule has 10 heteroatoms. The van der Waals surface area contributed by atoms with E-state index in [1.54, 1.807) is 7.11 Å². The number of pyridine rings is 1. The third-order valence-electron chi connectivity index (χ3n) is 7.78. The Morgan fingerprint density at radius 1 is 1.12 bits per heavy atom. The predicted molar refractivity (Wildman–Crippen MR) is 152 cm³/mol. The minimum atomic E-state index is -0.502. The van der Waals surface area contributed by atoms with E-state index in [0.717, 1.165) is 60.4 Å². The number of aromatic nitrogens is 5. The Hall–Kier alpha value is -3.40. The normalized spacial score (nSPS) is 21.6. The Morgan fingerprint density at radius 3 is 2.52 bits per heavy atom. The van der Waals surface area contributed by atoms with Gasteiger partial charge in [-0.2, -0.15) is 10.2 Å². The van der Waals surface area contributed by atoms with Gasteiger partial charge in [0.05, 0.1) is 44.1 Å². The van der Waals surface area contributed by atoms with Crippen LogP contribution in [0.15, 0.2) is 24.7 Å². The number of rotatable bonds is 5. The van der Waals surface area contributed by atoms with E-state index < -0.39 is 5.60 Å². The van der Waals surface area contributed by atoms with Crippen molar-refractivity contribution < 1.29 is 19.0 Å². The molecule has 2 aliphatic rings. The first kappa shape index (κ1) is 28.1. The molecule has 0 aromatic carbocycles. The molecule has 1 unspecified atom stereocenters. The molecule has 0 N–H and O–H groups in total. The van der Waals surface area contributed by atoms with E-state index >= 15 is 0 Å². The first-order valence-corrected chi connectivity index (χ1v) is 14.3. The molecule has 1 fully saturated rings. The molecule has 0 saturated carbocycles. The van der Waals surface area contributed by atoms with Crippen LogP contribution >= 0.6 is 0 Å². The van der Waals surface area contributed by atoms with Gasteiger partial charge in [0.1, 0.15) is 11.3 Å². The van der Waals surface area contributed by atoms with Gasteiger partial charge in [-0.25, -0.2) is 14.5 Å². The maximum absolute atomic E-state index is 12.8. The molecule has 3 atom stereocenters. The number of methoxy groups -OCH3 is 1. The van der Waals surface area contributed by atoms with Crippen LogP contribution in [0.5, 0.6) is 5.88 Å². The molecular formula is C30H42N6O4. The molecule has 0 radical (unpaired) electrons. The maximum Gasteiger partial charge on any atom is 0.410 e. The van der Waals surface area contributed by atoms with E-state index in [0.29, 0.717) is 25.0 Å². The van der Waals surface area contributed by atoms with E-state index in [9.17, 15) is 4.79 Å². The number of likely N-dealkylation sites (tertiary alicyclic amines) is 1. The van der Waals surface area contributed by atoms with Gasteiger partial charge in [0.15, 0.2) is 0 Å². The maximum atomic E-state index is 12.8. The fourth-order valence-corrected chi connectivity index (χ4v) is 6.17. The summed E-state index contributed by atoms with van der Waals surface area (Å²) in [4.78, 5) is 19.2. The number of aryl methyl sites for hydroxylation is 1. The molecule has 216 valence electrons. The number of ether oxygens (including phenoxy) is 3. The number of hydrogen-bond acceptors (Lipinski definition) is 7. The Kier molecular flexibility index (Phi) is 7.90. The lowest BCUT2D eigenvalue weighted by atomic mass is 9.87. The summed E-state index contributed by atoms with van der Waals surface area (Å²) in [5.74, 6) is 1.03. The van der Waals surface area contributed by atoms with Gasteiger partial charge >= 0.3 is 6.09 Å². The number of fused-ring (bicyclic) bond motifs is 1. The second kappa shape index (κ2) is 11.2. The molecule has 5 rings (SSSR count). The highest BCUT2D eigenvalue weighted by molar-refractivity contribution is 5.69. The molecular weight excluding hydrogens is 508 g/mol. The number of piperidine rings is 1. The minimum absolute atomic E-state index is 0.102. The van der Waals surface area contributed by atoms with Crippen molar-refractivity contribution in [1.29, 1.82) is 0 Å².